The van der Waals surface area contributed by atoms with E-state index in [0.29, 0.717) is 12.1 Å². The molecule has 0 saturated carbocycles. The topological polar surface area (TPSA) is 20.3 Å². The summed E-state index contributed by atoms with van der Waals surface area (Å²) >= 11 is 3.21. The van der Waals surface area contributed by atoms with E-state index in [1.165, 1.54) is 0 Å². The summed E-state index contributed by atoms with van der Waals surface area (Å²) in [5, 5.41) is 0. The number of alkyl halides is 3. The Labute approximate surface area is 157 Å². The number of hydrogen-bond acceptors (Lipinski definition) is 1. The smallest absolute Gasteiger partial charge is 0.256 e. The Kier molecular flexibility index (Phi) is 7.65. The van der Waals surface area contributed by atoms with Crippen LogP contribution in [-0.2, 0) is 43.9 Å². The van der Waals surface area contributed by atoms with Crippen molar-refractivity contribution in [3.63, 3.8) is 0 Å². The first-order chi connectivity index (χ1) is 9.54. The minimum absolute atomic E-state index is 0. The van der Waals surface area contributed by atoms with Crippen molar-refractivity contribution in [2.75, 3.05) is 6.54 Å². The third kappa shape index (κ3) is 4.43. The Hall–Kier alpha value is -0.126. The predicted octanol–water partition coefficient (Wildman–Crippen LogP) is 3.65. The summed E-state index contributed by atoms with van der Waals surface area (Å²) in [7, 11) is 0. The summed E-state index contributed by atoms with van der Waals surface area (Å²) < 4.78 is 25.5. The SMILES string of the molecule is CCc1ccccc1C1=[C-]CC(Br)C(=O)N1CC(F)F.[Y]. The van der Waals surface area contributed by atoms with Crippen molar-refractivity contribution in [3.05, 3.63) is 41.5 Å². The minimum atomic E-state index is -2.57. The zero-order chi connectivity index (χ0) is 14.7. The van der Waals surface area contributed by atoms with Crippen LogP contribution in [0.3, 0.4) is 0 Å². The molecule has 0 bridgehead atoms. The molecule has 1 atom stereocenters. The molecule has 1 aromatic carbocycles. The van der Waals surface area contributed by atoms with E-state index in [1.807, 2.05) is 31.2 Å². The first kappa shape index (κ1) is 18.9. The largest absolute Gasteiger partial charge is 0.341 e. The minimum Gasteiger partial charge on any atom is -0.341 e. The van der Waals surface area contributed by atoms with Gasteiger partial charge in [-0.05, 0) is 6.42 Å². The molecule has 1 amide bonds. The van der Waals surface area contributed by atoms with Crippen molar-refractivity contribution in [1.82, 2.24) is 4.90 Å². The molecule has 0 spiro atoms. The zero-order valence-corrected chi connectivity index (χ0v) is 16.1. The van der Waals surface area contributed by atoms with Crippen molar-refractivity contribution in [3.8, 4) is 0 Å². The Bertz CT molecular complexity index is 536. The van der Waals surface area contributed by atoms with E-state index in [2.05, 4.69) is 22.0 Å². The van der Waals surface area contributed by atoms with Crippen LogP contribution in [0, 0.1) is 6.08 Å². The number of amides is 1. The van der Waals surface area contributed by atoms with Crippen molar-refractivity contribution in [2.45, 2.75) is 31.0 Å². The van der Waals surface area contributed by atoms with Gasteiger partial charge in [0, 0.05) is 32.7 Å². The molecule has 2 rings (SSSR count). The first-order valence-electron chi connectivity index (χ1n) is 6.47. The number of rotatable bonds is 4. The monoisotopic (exact) mass is 431 g/mol. The number of halogens is 3. The molecule has 1 heterocycles. The molecule has 1 aliphatic rings. The maximum atomic E-state index is 12.7. The fourth-order valence-electron chi connectivity index (χ4n) is 2.27. The molecular weight excluding hydrogens is 417 g/mol. The second kappa shape index (κ2) is 8.49. The van der Waals surface area contributed by atoms with Crippen LogP contribution in [-0.4, -0.2) is 28.6 Å². The quantitative estimate of drug-likeness (QED) is 0.526. The Balaban J connectivity index is 0.00000220. The van der Waals surface area contributed by atoms with Crippen molar-refractivity contribution < 1.29 is 46.3 Å². The molecule has 0 N–H and O–H groups in total. The van der Waals surface area contributed by atoms with E-state index in [0.717, 1.165) is 22.4 Å². The fraction of sp³-hybridized carbons (Fsp3) is 0.400. The van der Waals surface area contributed by atoms with E-state index in [-0.39, 0.29) is 38.6 Å². The Morgan fingerprint density at radius 1 is 1.43 bits per heavy atom. The maximum Gasteiger partial charge on any atom is 0.256 e. The summed E-state index contributed by atoms with van der Waals surface area (Å²) in [5.74, 6) is -0.329. The number of aryl methyl sites for hydroxylation is 1. The van der Waals surface area contributed by atoms with Gasteiger partial charge in [-0.3, -0.25) is 4.79 Å². The zero-order valence-electron chi connectivity index (χ0n) is 11.7. The van der Waals surface area contributed by atoms with E-state index in [1.54, 1.807) is 0 Å². The van der Waals surface area contributed by atoms with Crippen LogP contribution < -0.4 is 0 Å². The molecular formula is C15H15BrF2NOY-. The van der Waals surface area contributed by atoms with Gasteiger partial charge in [0.1, 0.15) is 0 Å². The van der Waals surface area contributed by atoms with E-state index in [4.69, 9.17) is 0 Å². The van der Waals surface area contributed by atoms with Gasteiger partial charge >= 0.3 is 0 Å². The third-order valence-corrected chi connectivity index (χ3v) is 3.94. The van der Waals surface area contributed by atoms with Gasteiger partial charge in [0.2, 0.25) is 5.91 Å². The van der Waals surface area contributed by atoms with Gasteiger partial charge in [0.05, 0.1) is 11.4 Å². The van der Waals surface area contributed by atoms with Gasteiger partial charge < -0.3 is 4.90 Å². The van der Waals surface area contributed by atoms with Crippen LogP contribution >= 0.6 is 15.9 Å². The first-order valence-corrected chi connectivity index (χ1v) is 7.38. The van der Waals surface area contributed by atoms with E-state index >= 15 is 0 Å². The van der Waals surface area contributed by atoms with Crippen molar-refractivity contribution in [2.24, 2.45) is 0 Å². The molecule has 1 aliphatic heterocycles. The molecule has 1 radical (unpaired) electrons. The number of carbonyl (C=O) groups is 1. The average Bonchev–Trinajstić information content (AvgIpc) is 2.44. The summed E-state index contributed by atoms with van der Waals surface area (Å²) in [6.07, 6.45) is 1.69. The number of hydrogen-bond donors (Lipinski definition) is 0. The standard InChI is InChI=1S/C15H15BrF2NO.Y/c1-2-10-5-3-4-6-11(10)13-8-7-12(16)15(20)19(13)9-14(17)18;/h3-6,12,14H,2,7,9H2,1H3;/q-1;. The molecule has 1 aromatic rings. The number of allylic oxidation sites excluding steroid dienone is 1. The van der Waals surface area contributed by atoms with Gasteiger partial charge in [-0.1, -0.05) is 47.5 Å². The molecule has 6 heteroatoms. The summed E-state index contributed by atoms with van der Waals surface area (Å²) in [6, 6.07) is 7.53. The Morgan fingerprint density at radius 2 is 2.10 bits per heavy atom. The van der Waals surface area contributed by atoms with E-state index < -0.39 is 17.8 Å². The van der Waals surface area contributed by atoms with Crippen LogP contribution in [0.4, 0.5) is 8.78 Å². The number of carbonyl (C=O) groups excluding carboxylic acids is 1. The fourth-order valence-corrected chi connectivity index (χ4v) is 2.68. The molecule has 1 unspecified atom stereocenters. The molecule has 0 aromatic heterocycles. The molecule has 0 saturated heterocycles. The van der Waals surface area contributed by atoms with Crippen LogP contribution in [0.2, 0.25) is 0 Å². The van der Waals surface area contributed by atoms with Gasteiger partial charge in [0.25, 0.3) is 6.43 Å². The second-order valence-electron chi connectivity index (χ2n) is 4.55. The third-order valence-electron chi connectivity index (χ3n) is 3.23. The molecule has 0 aliphatic carbocycles. The summed E-state index contributed by atoms with van der Waals surface area (Å²) in [5.41, 5.74) is 2.31. The van der Waals surface area contributed by atoms with Crippen LogP contribution in [0.15, 0.2) is 24.3 Å². The van der Waals surface area contributed by atoms with Gasteiger partial charge in [0.15, 0.2) is 0 Å². The molecule has 0 fully saturated rings. The number of benzene rings is 1. The van der Waals surface area contributed by atoms with Gasteiger partial charge in [-0.15, -0.1) is 22.9 Å². The average molecular weight is 432 g/mol. The summed E-state index contributed by atoms with van der Waals surface area (Å²) in [6.45, 7) is 1.40. The Morgan fingerprint density at radius 3 is 2.71 bits per heavy atom. The predicted molar refractivity (Wildman–Crippen MR) is 77.5 cm³/mol. The maximum absolute atomic E-state index is 12.7. The molecule has 2 nitrogen and oxygen atoms in total. The van der Waals surface area contributed by atoms with Crippen LogP contribution in [0.1, 0.15) is 24.5 Å². The van der Waals surface area contributed by atoms with Crippen LogP contribution in [0.5, 0.6) is 0 Å². The van der Waals surface area contributed by atoms with Crippen molar-refractivity contribution >= 4 is 27.5 Å². The number of nitrogens with zero attached hydrogens (tertiary/aromatic N) is 1. The van der Waals surface area contributed by atoms with Crippen molar-refractivity contribution in [1.29, 1.82) is 0 Å². The second-order valence-corrected chi connectivity index (χ2v) is 5.65. The van der Waals surface area contributed by atoms with Gasteiger partial charge in [-0.2, -0.15) is 0 Å². The molecule has 111 valence electrons. The summed E-state index contributed by atoms with van der Waals surface area (Å²) in [4.78, 5) is 12.8. The normalized spacial score (nSPS) is 18.5. The van der Waals surface area contributed by atoms with E-state index in [9.17, 15) is 13.6 Å². The van der Waals surface area contributed by atoms with Gasteiger partial charge in [-0.25, -0.2) is 14.9 Å². The van der Waals surface area contributed by atoms with Crippen LogP contribution in [0.25, 0.3) is 5.70 Å². The molecule has 21 heavy (non-hydrogen) atoms.